The van der Waals surface area contributed by atoms with Crippen LogP contribution in [-0.4, -0.2) is 11.6 Å². The van der Waals surface area contributed by atoms with Crippen molar-refractivity contribution in [3.63, 3.8) is 0 Å². The van der Waals surface area contributed by atoms with E-state index in [-0.39, 0.29) is 5.43 Å². The Labute approximate surface area is 106 Å². The molecule has 2 aromatic rings. The molecule has 0 spiro atoms. The Morgan fingerprint density at radius 2 is 2.28 bits per heavy atom. The summed E-state index contributed by atoms with van der Waals surface area (Å²) in [5.74, 6) is 0. The van der Waals surface area contributed by atoms with Crippen molar-refractivity contribution >= 4 is 10.9 Å². The van der Waals surface area contributed by atoms with Crippen molar-refractivity contribution < 1.29 is 4.74 Å². The van der Waals surface area contributed by atoms with Crippen molar-refractivity contribution in [2.45, 2.75) is 32.8 Å². The summed E-state index contributed by atoms with van der Waals surface area (Å²) in [6, 6.07) is 6.15. The maximum atomic E-state index is 12.4. The Kier molecular flexibility index (Phi) is 2.92. The summed E-state index contributed by atoms with van der Waals surface area (Å²) in [5, 5.41) is 0.796. The number of fused-ring (bicyclic) bond motifs is 2. The van der Waals surface area contributed by atoms with Gasteiger partial charge in [-0.05, 0) is 24.1 Å². The fraction of sp³-hybridized carbons (Fsp3) is 0.400. The van der Waals surface area contributed by atoms with Crippen LogP contribution in [0, 0.1) is 0 Å². The first-order valence-electron chi connectivity index (χ1n) is 6.54. The number of aromatic amines is 1. The molecule has 0 amide bonds. The molecular weight excluding hydrogens is 226 g/mol. The molecule has 3 heteroatoms. The molecule has 1 N–H and O–H groups in total. The first-order valence-corrected chi connectivity index (χ1v) is 6.54. The molecule has 3 rings (SSSR count). The summed E-state index contributed by atoms with van der Waals surface area (Å²) in [6.07, 6.45) is 2.91. The topological polar surface area (TPSA) is 42.1 Å². The first-order chi connectivity index (χ1) is 8.79. The largest absolute Gasteiger partial charge is 0.376 e. The second-order valence-corrected chi connectivity index (χ2v) is 4.84. The summed E-state index contributed by atoms with van der Waals surface area (Å²) < 4.78 is 5.38. The smallest absolute Gasteiger partial charge is 0.195 e. The Balaban J connectivity index is 2.23. The normalized spacial score (nSPS) is 14.7. The van der Waals surface area contributed by atoms with Gasteiger partial charge in [0.1, 0.15) is 0 Å². The van der Waals surface area contributed by atoms with Crippen LogP contribution in [0.2, 0.25) is 0 Å². The Morgan fingerprint density at radius 1 is 1.39 bits per heavy atom. The van der Waals surface area contributed by atoms with Crippen molar-refractivity contribution in [3.05, 3.63) is 45.2 Å². The zero-order valence-corrected chi connectivity index (χ0v) is 10.6. The highest BCUT2D eigenvalue weighted by Crippen LogP contribution is 2.18. The second kappa shape index (κ2) is 4.58. The van der Waals surface area contributed by atoms with E-state index >= 15 is 0 Å². The molecule has 0 radical (unpaired) electrons. The molecule has 0 unspecified atom stereocenters. The summed E-state index contributed by atoms with van der Waals surface area (Å²) in [4.78, 5) is 15.8. The number of aryl methyl sites for hydroxylation is 1. The molecule has 0 atom stereocenters. The maximum Gasteiger partial charge on any atom is 0.195 e. The molecule has 1 aromatic heterocycles. The third-order valence-electron chi connectivity index (χ3n) is 3.53. The fourth-order valence-corrected chi connectivity index (χ4v) is 2.58. The predicted molar refractivity (Wildman–Crippen MR) is 71.9 cm³/mol. The van der Waals surface area contributed by atoms with Crippen LogP contribution in [0.3, 0.4) is 0 Å². The SMILES string of the molecule is CCCc1ccc2[nH]c3c(c(=O)c2c1)COCC3. The molecule has 0 fully saturated rings. The highest BCUT2D eigenvalue weighted by Gasteiger charge is 2.15. The Hall–Kier alpha value is -1.61. The molecule has 1 aliphatic rings. The van der Waals surface area contributed by atoms with E-state index in [0.29, 0.717) is 13.2 Å². The van der Waals surface area contributed by atoms with E-state index in [2.05, 4.69) is 18.0 Å². The van der Waals surface area contributed by atoms with Gasteiger partial charge in [0.15, 0.2) is 5.43 Å². The van der Waals surface area contributed by atoms with E-state index in [4.69, 9.17) is 4.74 Å². The van der Waals surface area contributed by atoms with Crippen LogP contribution in [-0.2, 0) is 24.2 Å². The van der Waals surface area contributed by atoms with Crippen molar-refractivity contribution in [2.75, 3.05) is 6.61 Å². The number of H-pyrrole nitrogens is 1. The van der Waals surface area contributed by atoms with E-state index in [1.54, 1.807) is 0 Å². The minimum atomic E-state index is 0.136. The van der Waals surface area contributed by atoms with E-state index < -0.39 is 0 Å². The number of nitrogens with one attached hydrogen (secondary N) is 1. The Bertz CT molecular complexity index is 643. The lowest BCUT2D eigenvalue weighted by molar-refractivity contribution is 0.109. The van der Waals surface area contributed by atoms with Gasteiger partial charge < -0.3 is 9.72 Å². The van der Waals surface area contributed by atoms with Crippen LogP contribution in [0.4, 0.5) is 0 Å². The third-order valence-corrected chi connectivity index (χ3v) is 3.53. The van der Waals surface area contributed by atoms with E-state index in [9.17, 15) is 4.79 Å². The lowest BCUT2D eigenvalue weighted by Gasteiger charge is -2.16. The van der Waals surface area contributed by atoms with Gasteiger partial charge in [-0.2, -0.15) is 0 Å². The fourth-order valence-electron chi connectivity index (χ4n) is 2.58. The Morgan fingerprint density at radius 3 is 3.11 bits per heavy atom. The molecule has 0 saturated heterocycles. The monoisotopic (exact) mass is 243 g/mol. The lowest BCUT2D eigenvalue weighted by atomic mass is 10.0. The van der Waals surface area contributed by atoms with E-state index in [0.717, 1.165) is 41.4 Å². The molecule has 0 saturated carbocycles. The van der Waals surface area contributed by atoms with Gasteiger partial charge in [0.2, 0.25) is 0 Å². The number of hydrogen-bond acceptors (Lipinski definition) is 2. The molecule has 1 aliphatic heterocycles. The minimum Gasteiger partial charge on any atom is -0.376 e. The molecule has 3 nitrogen and oxygen atoms in total. The molecule has 94 valence electrons. The molecule has 0 aliphatic carbocycles. The highest BCUT2D eigenvalue weighted by atomic mass is 16.5. The van der Waals surface area contributed by atoms with Gasteiger partial charge in [-0.1, -0.05) is 19.4 Å². The number of aromatic nitrogens is 1. The van der Waals surface area contributed by atoms with Crippen LogP contribution in [0.1, 0.15) is 30.2 Å². The molecule has 1 aromatic carbocycles. The van der Waals surface area contributed by atoms with Crippen molar-refractivity contribution in [2.24, 2.45) is 0 Å². The zero-order chi connectivity index (χ0) is 12.5. The van der Waals surface area contributed by atoms with Crippen molar-refractivity contribution in [1.82, 2.24) is 4.98 Å². The van der Waals surface area contributed by atoms with Gasteiger partial charge in [0, 0.05) is 28.6 Å². The summed E-state index contributed by atoms with van der Waals surface area (Å²) in [7, 11) is 0. The van der Waals surface area contributed by atoms with Crippen LogP contribution < -0.4 is 5.43 Å². The second-order valence-electron chi connectivity index (χ2n) is 4.84. The van der Waals surface area contributed by atoms with Gasteiger partial charge in [-0.25, -0.2) is 0 Å². The van der Waals surface area contributed by atoms with Crippen LogP contribution in [0.25, 0.3) is 10.9 Å². The summed E-state index contributed by atoms with van der Waals surface area (Å²) in [5.41, 5.74) is 4.16. The maximum absolute atomic E-state index is 12.4. The van der Waals surface area contributed by atoms with Crippen molar-refractivity contribution in [3.8, 4) is 0 Å². The lowest BCUT2D eigenvalue weighted by Crippen LogP contribution is -2.21. The first kappa shape index (κ1) is 11.5. The van der Waals surface area contributed by atoms with Gasteiger partial charge in [-0.15, -0.1) is 0 Å². The average Bonchev–Trinajstić information content (AvgIpc) is 2.40. The number of benzene rings is 1. The van der Waals surface area contributed by atoms with E-state index in [1.807, 2.05) is 12.1 Å². The van der Waals surface area contributed by atoms with Crippen molar-refractivity contribution in [1.29, 1.82) is 0 Å². The number of rotatable bonds is 2. The van der Waals surface area contributed by atoms with Crippen LogP contribution >= 0.6 is 0 Å². The third kappa shape index (κ3) is 1.85. The average molecular weight is 243 g/mol. The highest BCUT2D eigenvalue weighted by molar-refractivity contribution is 5.80. The van der Waals surface area contributed by atoms with Crippen LogP contribution in [0.5, 0.6) is 0 Å². The number of hydrogen-bond donors (Lipinski definition) is 1. The van der Waals surface area contributed by atoms with Gasteiger partial charge >= 0.3 is 0 Å². The predicted octanol–water partition coefficient (Wildman–Crippen LogP) is 2.55. The number of pyridine rings is 1. The molecule has 18 heavy (non-hydrogen) atoms. The summed E-state index contributed by atoms with van der Waals surface area (Å²) >= 11 is 0. The molecular formula is C15H17NO2. The van der Waals surface area contributed by atoms with Gasteiger partial charge in [0.05, 0.1) is 13.2 Å². The van der Waals surface area contributed by atoms with Crippen LogP contribution in [0.15, 0.2) is 23.0 Å². The van der Waals surface area contributed by atoms with Gasteiger partial charge in [-0.3, -0.25) is 4.79 Å². The van der Waals surface area contributed by atoms with E-state index in [1.165, 1.54) is 5.56 Å². The zero-order valence-electron chi connectivity index (χ0n) is 10.6. The van der Waals surface area contributed by atoms with Gasteiger partial charge in [0.25, 0.3) is 0 Å². The number of ether oxygens (including phenoxy) is 1. The molecule has 0 bridgehead atoms. The minimum absolute atomic E-state index is 0.136. The summed E-state index contributed by atoms with van der Waals surface area (Å²) in [6.45, 7) is 3.29. The molecule has 2 heterocycles. The standard InChI is InChI=1S/C15H17NO2/c1-2-3-10-4-5-13-11(8-10)15(17)12-9-18-7-6-14(12)16-13/h4-5,8H,2-3,6-7,9H2,1H3,(H,16,17). The quantitative estimate of drug-likeness (QED) is 0.880.